The van der Waals surface area contributed by atoms with E-state index in [-0.39, 0.29) is 12.2 Å². The maximum absolute atomic E-state index is 13.8. The van der Waals surface area contributed by atoms with E-state index >= 15 is 0 Å². The van der Waals surface area contributed by atoms with E-state index in [9.17, 15) is 18.4 Å². The lowest BCUT2D eigenvalue weighted by Gasteiger charge is -2.30. The second-order valence-corrected chi connectivity index (χ2v) is 6.29. The standard InChI is InChI=1S/C20H19F2NO3/c21-16-6-7-18(22)17(12-16)19(24)15-8-10-23(11-9-15)20(25)26-13-14-4-2-1-3-5-14/h1-7,12,15H,8-11,13H2. The van der Waals surface area contributed by atoms with Gasteiger partial charge in [-0.05, 0) is 36.6 Å². The van der Waals surface area contributed by atoms with Gasteiger partial charge in [0.2, 0.25) is 0 Å². The molecule has 1 heterocycles. The Balaban J connectivity index is 1.53. The second-order valence-electron chi connectivity index (χ2n) is 6.29. The topological polar surface area (TPSA) is 46.6 Å². The van der Waals surface area contributed by atoms with Crippen LogP contribution in [-0.2, 0) is 11.3 Å². The second kappa shape index (κ2) is 8.08. The Labute approximate surface area is 150 Å². The molecule has 1 aliphatic rings. The van der Waals surface area contributed by atoms with Gasteiger partial charge in [-0.1, -0.05) is 30.3 Å². The van der Waals surface area contributed by atoms with E-state index in [1.165, 1.54) is 4.90 Å². The number of nitrogens with zero attached hydrogens (tertiary/aromatic N) is 1. The molecule has 3 rings (SSSR count). The number of ketones is 1. The van der Waals surface area contributed by atoms with Gasteiger partial charge in [-0.15, -0.1) is 0 Å². The maximum atomic E-state index is 13.8. The molecule has 1 saturated heterocycles. The maximum Gasteiger partial charge on any atom is 0.410 e. The average molecular weight is 359 g/mol. The van der Waals surface area contributed by atoms with Crippen LogP contribution in [-0.4, -0.2) is 29.9 Å². The van der Waals surface area contributed by atoms with Gasteiger partial charge < -0.3 is 9.64 Å². The fraction of sp³-hybridized carbons (Fsp3) is 0.300. The third-order valence-electron chi connectivity index (χ3n) is 4.52. The Morgan fingerprint density at radius 3 is 2.42 bits per heavy atom. The molecule has 1 aliphatic heterocycles. The lowest BCUT2D eigenvalue weighted by Crippen LogP contribution is -2.40. The van der Waals surface area contributed by atoms with Crippen molar-refractivity contribution in [2.45, 2.75) is 19.4 Å². The van der Waals surface area contributed by atoms with E-state index in [2.05, 4.69) is 0 Å². The van der Waals surface area contributed by atoms with Gasteiger partial charge in [-0.2, -0.15) is 0 Å². The van der Waals surface area contributed by atoms with Gasteiger partial charge in [0.15, 0.2) is 5.78 Å². The van der Waals surface area contributed by atoms with Crippen molar-refractivity contribution in [1.29, 1.82) is 0 Å². The SMILES string of the molecule is O=C(c1cc(F)ccc1F)C1CCN(C(=O)OCc2ccccc2)CC1. The first-order chi connectivity index (χ1) is 12.5. The summed E-state index contributed by atoms with van der Waals surface area (Å²) in [7, 11) is 0. The Bertz CT molecular complexity index is 787. The number of Topliss-reactive ketones (excluding diaryl/α,β-unsaturated/α-hetero) is 1. The number of carbonyl (C=O) groups excluding carboxylic acids is 2. The van der Waals surface area contributed by atoms with Crippen molar-refractivity contribution in [2.24, 2.45) is 5.92 Å². The van der Waals surface area contributed by atoms with Crippen LogP contribution in [0.4, 0.5) is 13.6 Å². The highest BCUT2D eigenvalue weighted by Gasteiger charge is 2.30. The van der Waals surface area contributed by atoms with Crippen LogP contribution in [0.5, 0.6) is 0 Å². The number of amides is 1. The van der Waals surface area contributed by atoms with E-state index in [0.717, 1.165) is 23.8 Å². The number of likely N-dealkylation sites (tertiary alicyclic amines) is 1. The predicted molar refractivity (Wildman–Crippen MR) is 91.6 cm³/mol. The smallest absolute Gasteiger partial charge is 0.410 e. The molecule has 6 heteroatoms. The van der Waals surface area contributed by atoms with Crippen LogP contribution in [0.3, 0.4) is 0 Å². The number of ether oxygens (including phenoxy) is 1. The van der Waals surface area contributed by atoms with Crippen LogP contribution in [0.25, 0.3) is 0 Å². The number of carbonyl (C=O) groups is 2. The summed E-state index contributed by atoms with van der Waals surface area (Å²) in [6.45, 7) is 0.884. The molecule has 2 aromatic rings. The summed E-state index contributed by atoms with van der Waals surface area (Å²) in [6, 6.07) is 12.2. The number of piperidine rings is 1. The number of rotatable bonds is 4. The summed E-state index contributed by atoms with van der Waals surface area (Å²) in [5.41, 5.74) is 0.669. The van der Waals surface area contributed by atoms with E-state index in [4.69, 9.17) is 4.74 Å². The zero-order valence-electron chi connectivity index (χ0n) is 14.2. The third kappa shape index (κ3) is 4.25. The largest absolute Gasteiger partial charge is 0.445 e. The lowest BCUT2D eigenvalue weighted by atomic mass is 9.89. The van der Waals surface area contributed by atoms with Gasteiger partial charge in [0.1, 0.15) is 18.2 Å². The van der Waals surface area contributed by atoms with Crippen LogP contribution in [0.2, 0.25) is 0 Å². The Morgan fingerprint density at radius 1 is 1.04 bits per heavy atom. The molecule has 0 radical (unpaired) electrons. The van der Waals surface area contributed by atoms with Crippen LogP contribution < -0.4 is 0 Å². The van der Waals surface area contributed by atoms with Crippen LogP contribution >= 0.6 is 0 Å². The molecule has 0 spiro atoms. The summed E-state index contributed by atoms with van der Waals surface area (Å²) in [5, 5.41) is 0. The van der Waals surface area contributed by atoms with E-state index < -0.39 is 29.4 Å². The first-order valence-electron chi connectivity index (χ1n) is 8.49. The molecule has 0 bridgehead atoms. The lowest BCUT2D eigenvalue weighted by molar-refractivity contribution is 0.0710. The van der Waals surface area contributed by atoms with Crippen molar-refractivity contribution in [1.82, 2.24) is 4.90 Å². The summed E-state index contributed by atoms with van der Waals surface area (Å²) in [5.74, 6) is -2.21. The van der Waals surface area contributed by atoms with Crippen molar-refractivity contribution in [3.8, 4) is 0 Å². The van der Waals surface area contributed by atoms with Crippen LogP contribution in [0.1, 0.15) is 28.8 Å². The minimum atomic E-state index is -0.721. The highest BCUT2D eigenvalue weighted by Crippen LogP contribution is 2.24. The fourth-order valence-electron chi connectivity index (χ4n) is 3.04. The van der Waals surface area contributed by atoms with Crippen molar-refractivity contribution < 1.29 is 23.1 Å². The Morgan fingerprint density at radius 2 is 1.73 bits per heavy atom. The molecule has 4 nitrogen and oxygen atoms in total. The fourth-order valence-corrected chi connectivity index (χ4v) is 3.04. The van der Waals surface area contributed by atoms with Crippen molar-refractivity contribution in [2.75, 3.05) is 13.1 Å². The Kier molecular flexibility index (Phi) is 5.61. The van der Waals surface area contributed by atoms with Gasteiger partial charge in [0, 0.05) is 19.0 Å². The third-order valence-corrected chi connectivity index (χ3v) is 4.52. The normalized spacial score (nSPS) is 14.9. The van der Waals surface area contributed by atoms with Crippen molar-refractivity contribution in [3.63, 3.8) is 0 Å². The number of benzene rings is 2. The highest BCUT2D eigenvalue weighted by molar-refractivity contribution is 5.98. The molecule has 0 N–H and O–H groups in total. The van der Waals surface area contributed by atoms with Gasteiger partial charge in [0.05, 0.1) is 5.56 Å². The van der Waals surface area contributed by atoms with Gasteiger partial charge in [-0.25, -0.2) is 13.6 Å². The molecule has 136 valence electrons. The number of halogens is 2. The molecular weight excluding hydrogens is 340 g/mol. The first-order valence-corrected chi connectivity index (χ1v) is 8.49. The highest BCUT2D eigenvalue weighted by atomic mass is 19.1. The molecule has 0 saturated carbocycles. The summed E-state index contributed by atoms with van der Waals surface area (Å²) in [4.78, 5) is 26.1. The predicted octanol–water partition coefficient (Wildman–Crippen LogP) is 4.20. The van der Waals surface area contributed by atoms with Crippen molar-refractivity contribution in [3.05, 3.63) is 71.3 Å². The molecule has 0 aromatic heterocycles. The van der Waals surface area contributed by atoms with E-state index in [1.54, 1.807) is 0 Å². The van der Waals surface area contributed by atoms with Gasteiger partial charge in [-0.3, -0.25) is 4.79 Å². The minimum Gasteiger partial charge on any atom is -0.445 e. The first kappa shape index (κ1) is 18.0. The van der Waals surface area contributed by atoms with Crippen LogP contribution in [0.15, 0.2) is 48.5 Å². The molecule has 0 unspecified atom stereocenters. The van der Waals surface area contributed by atoms with Crippen LogP contribution in [0, 0.1) is 17.6 Å². The summed E-state index contributed by atoms with van der Waals surface area (Å²) >= 11 is 0. The zero-order valence-corrected chi connectivity index (χ0v) is 14.2. The molecule has 0 aliphatic carbocycles. The molecular formula is C20H19F2NO3. The zero-order chi connectivity index (χ0) is 18.5. The monoisotopic (exact) mass is 359 g/mol. The molecule has 1 amide bonds. The minimum absolute atomic E-state index is 0.188. The Hall–Kier alpha value is -2.76. The quantitative estimate of drug-likeness (QED) is 0.769. The molecule has 26 heavy (non-hydrogen) atoms. The van der Waals surface area contributed by atoms with Crippen molar-refractivity contribution >= 4 is 11.9 Å². The average Bonchev–Trinajstić information content (AvgIpc) is 2.68. The number of hydrogen-bond donors (Lipinski definition) is 0. The van der Waals surface area contributed by atoms with E-state index in [0.29, 0.717) is 25.9 Å². The van der Waals surface area contributed by atoms with Gasteiger partial charge >= 0.3 is 6.09 Å². The van der Waals surface area contributed by atoms with Gasteiger partial charge in [0.25, 0.3) is 0 Å². The molecule has 0 atom stereocenters. The summed E-state index contributed by atoms with van der Waals surface area (Å²) < 4.78 is 32.3. The number of hydrogen-bond acceptors (Lipinski definition) is 3. The summed E-state index contributed by atoms with van der Waals surface area (Å²) in [6.07, 6.45) is 0.362. The molecule has 1 fully saturated rings. The molecule has 2 aromatic carbocycles. The van der Waals surface area contributed by atoms with E-state index in [1.807, 2.05) is 30.3 Å².